The Morgan fingerprint density at radius 3 is 2.77 bits per heavy atom. The number of rotatable bonds is 7. The molecule has 0 atom stereocenters. The van der Waals surface area contributed by atoms with Crippen molar-refractivity contribution < 1.29 is 4.74 Å². The van der Waals surface area contributed by atoms with E-state index in [1.807, 2.05) is 48.7 Å². The molecule has 0 saturated heterocycles. The van der Waals surface area contributed by atoms with Crippen LogP contribution in [0.2, 0.25) is 0 Å². The standard InChI is InChI=1S/C17H18N4O/c18-14-21-17(15-7-6-10-19-13-15)20-11-4-5-12-22-16-8-2-1-3-9-16/h1-3,6-10,13H,4-5,11-12H2,(H,20,21). The maximum atomic E-state index is 8.78. The lowest BCUT2D eigenvalue weighted by Crippen LogP contribution is -2.19. The maximum absolute atomic E-state index is 8.78. The summed E-state index contributed by atoms with van der Waals surface area (Å²) in [7, 11) is 0. The fraction of sp³-hybridized carbons (Fsp3) is 0.235. The summed E-state index contributed by atoms with van der Waals surface area (Å²) >= 11 is 0. The van der Waals surface area contributed by atoms with Crippen LogP contribution < -0.4 is 10.1 Å². The average molecular weight is 294 g/mol. The highest BCUT2D eigenvalue weighted by Gasteiger charge is 2.01. The van der Waals surface area contributed by atoms with E-state index < -0.39 is 0 Å². The predicted octanol–water partition coefficient (Wildman–Crippen LogP) is 2.76. The van der Waals surface area contributed by atoms with E-state index in [0.717, 1.165) is 24.2 Å². The third kappa shape index (κ3) is 5.25. The van der Waals surface area contributed by atoms with Crippen LogP contribution in [0.4, 0.5) is 0 Å². The minimum Gasteiger partial charge on any atom is -0.494 e. The van der Waals surface area contributed by atoms with Gasteiger partial charge in [0.1, 0.15) is 11.6 Å². The largest absolute Gasteiger partial charge is 0.494 e. The van der Waals surface area contributed by atoms with Crippen molar-refractivity contribution in [2.75, 3.05) is 13.2 Å². The van der Waals surface area contributed by atoms with Gasteiger partial charge in [-0.15, -0.1) is 0 Å². The number of benzene rings is 1. The van der Waals surface area contributed by atoms with Crippen LogP contribution in [0, 0.1) is 11.5 Å². The minimum atomic E-state index is 0.555. The zero-order valence-electron chi connectivity index (χ0n) is 12.3. The number of unbranched alkanes of at least 4 members (excludes halogenated alkanes) is 1. The zero-order valence-corrected chi connectivity index (χ0v) is 12.3. The molecule has 2 rings (SSSR count). The Morgan fingerprint density at radius 1 is 1.18 bits per heavy atom. The van der Waals surface area contributed by atoms with Gasteiger partial charge in [0.05, 0.1) is 6.61 Å². The van der Waals surface area contributed by atoms with E-state index in [1.54, 1.807) is 12.4 Å². The van der Waals surface area contributed by atoms with E-state index in [2.05, 4.69) is 15.3 Å². The molecule has 0 aliphatic carbocycles. The van der Waals surface area contributed by atoms with Crippen molar-refractivity contribution in [3.05, 3.63) is 60.4 Å². The number of hydrogen-bond donors (Lipinski definition) is 1. The number of nitriles is 1. The summed E-state index contributed by atoms with van der Waals surface area (Å²) in [5.41, 5.74) is 0.810. The monoisotopic (exact) mass is 294 g/mol. The Morgan fingerprint density at radius 2 is 2.05 bits per heavy atom. The number of pyridine rings is 1. The van der Waals surface area contributed by atoms with Gasteiger partial charge in [-0.05, 0) is 37.1 Å². The summed E-state index contributed by atoms with van der Waals surface area (Å²) in [4.78, 5) is 8.44. The lowest BCUT2D eigenvalue weighted by Gasteiger charge is -2.06. The number of nitrogens with zero attached hydrogens (tertiary/aromatic N) is 3. The smallest absolute Gasteiger partial charge is 0.182 e. The number of aromatic nitrogens is 1. The summed E-state index contributed by atoms with van der Waals surface area (Å²) in [6.45, 7) is 1.30. The Hall–Kier alpha value is -2.87. The molecule has 0 saturated carbocycles. The topological polar surface area (TPSA) is 70.3 Å². The molecule has 1 heterocycles. The third-order valence-electron chi connectivity index (χ3n) is 2.94. The molecule has 5 nitrogen and oxygen atoms in total. The number of nitrogens with one attached hydrogen (secondary N) is 1. The summed E-state index contributed by atoms with van der Waals surface area (Å²) < 4.78 is 5.62. The second-order valence-corrected chi connectivity index (χ2v) is 4.58. The summed E-state index contributed by atoms with van der Waals surface area (Å²) in [6, 6.07) is 13.4. The first-order chi connectivity index (χ1) is 10.9. The van der Waals surface area contributed by atoms with Gasteiger partial charge in [0, 0.05) is 24.5 Å². The molecular weight excluding hydrogens is 276 g/mol. The number of aliphatic imine (C=N–C) groups is 1. The van der Waals surface area contributed by atoms with Crippen LogP contribution in [0.15, 0.2) is 59.9 Å². The van der Waals surface area contributed by atoms with E-state index in [9.17, 15) is 0 Å². The van der Waals surface area contributed by atoms with Crippen LogP contribution in [0.3, 0.4) is 0 Å². The van der Waals surface area contributed by atoms with Gasteiger partial charge in [-0.2, -0.15) is 5.26 Å². The minimum absolute atomic E-state index is 0.555. The molecule has 22 heavy (non-hydrogen) atoms. The Bertz CT molecular complexity index is 620. The molecule has 1 N–H and O–H groups in total. The van der Waals surface area contributed by atoms with Crippen molar-refractivity contribution in [2.45, 2.75) is 12.8 Å². The maximum Gasteiger partial charge on any atom is 0.182 e. The van der Waals surface area contributed by atoms with Crippen LogP contribution in [-0.2, 0) is 0 Å². The fourth-order valence-corrected chi connectivity index (χ4v) is 1.87. The molecule has 0 bridgehead atoms. The van der Waals surface area contributed by atoms with Gasteiger partial charge >= 0.3 is 0 Å². The van der Waals surface area contributed by atoms with Crippen molar-refractivity contribution in [1.82, 2.24) is 10.3 Å². The second kappa shape index (κ2) is 9.14. The molecule has 1 aromatic carbocycles. The number of amidine groups is 1. The van der Waals surface area contributed by atoms with Crippen LogP contribution in [-0.4, -0.2) is 24.0 Å². The highest BCUT2D eigenvalue weighted by Crippen LogP contribution is 2.08. The molecule has 5 heteroatoms. The SMILES string of the molecule is N#CNC(=NCCCCOc1ccccc1)c1cccnc1. The quantitative estimate of drug-likeness (QED) is 0.280. The average Bonchev–Trinajstić information content (AvgIpc) is 2.58. The van der Waals surface area contributed by atoms with Gasteiger partial charge in [0.15, 0.2) is 6.19 Å². The summed E-state index contributed by atoms with van der Waals surface area (Å²) in [5, 5.41) is 11.4. The van der Waals surface area contributed by atoms with Crippen molar-refractivity contribution in [2.24, 2.45) is 4.99 Å². The van der Waals surface area contributed by atoms with E-state index in [-0.39, 0.29) is 0 Å². The molecule has 0 fully saturated rings. The first-order valence-corrected chi connectivity index (χ1v) is 7.18. The van der Waals surface area contributed by atoms with E-state index in [4.69, 9.17) is 10.00 Å². The first-order valence-electron chi connectivity index (χ1n) is 7.18. The van der Waals surface area contributed by atoms with Crippen LogP contribution in [0.1, 0.15) is 18.4 Å². The Labute approximate surface area is 130 Å². The van der Waals surface area contributed by atoms with Gasteiger partial charge in [-0.3, -0.25) is 15.3 Å². The second-order valence-electron chi connectivity index (χ2n) is 4.58. The highest BCUT2D eigenvalue weighted by atomic mass is 16.5. The Balaban J connectivity index is 1.74. The van der Waals surface area contributed by atoms with Crippen molar-refractivity contribution >= 4 is 5.84 Å². The van der Waals surface area contributed by atoms with Crippen LogP contribution in [0.5, 0.6) is 5.75 Å². The molecule has 112 valence electrons. The molecule has 2 aromatic rings. The number of hydrogen-bond acceptors (Lipinski definition) is 4. The van der Waals surface area contributed by atoms with Crippen molar-refractivity contribution in [3.8, 4) is 11.9 Å². The lowest BCUT2D eigenvalue weighted by molar-refractivity contribution is 0.308. The predicted molar refractivity (Wildman–Crippen MR) is 85.6 cm³/mol. The van der Waals surface area contributed by atoms with E-state index >= 15 is 0 Å². The zero-order chi connectivity index (χ0) is 15.5. The summed E-state index contributed by atoms with van der Waals surface area (Å²) in [5.74, 6) is 1.44. The van der Waals surface area contributed by atoms with Gasteiger partial charge in [-0.25, -0.2) is 0 Å². The number of para-hydroxylation sites is 1. The molecule has 0 radical (unpaired) electrons. The van der Waals surface area contributed by atoms with Crippen molar-refractivity contribution in [3.63, 3.8) is 0 Å². The normalized spacial score (nSPS) is 10.8. The lowest BCUT2D eigenvalue weighted by atomic mass is 10.2. The van der Waals surface area contributed by atoms with Gasteiger partial charge < -0.3 is 4.74 Å². The van der Waals surface area contributed by atoms with Gasteiger partial charge in [-0.1, -0.05) is 18.2 Å². The molecule has 0 aliphatic heterocycles. The molecular formula is C17H18N4O. The van der Waals surface area contributed by atoms with E-state index in [0.29, 0.717) is 19.0 Å². The highest BCUT2D eigenvalue weighted by molar-refractivity contribution is 5.99. The van der Waals surface area contributed by atoms with Gasteiger partial charge in [0.2, 0.25) is 0 Å². The van der Waals surface area contributed by atoms with Crippen LogP contribution in [0.25, 0.3) is 0 Å². The third-order valence-corrected chi connectivity index (χ3v) is 2.94. The van der Waals surface area contributed by atoms with Crippen molar-refractivity contribution in [1.29, 1.82) is 5.26 Å². The van der Waals surface area contributed by atoms with Crippen LogP contribution >= 0.6 is 0 Å². The summed E-state index contributed by atoms with van der Waals surface area (Å²) in [6.07, 6.45) is 7.08. The number of ether oxygens (including phenoxy) is 1. The molecule has 0 amide bonds. The molecule has 0 aliphatic rings. The molecule has 0 unspecified atom stereocenters. The fourth-order valence-electron chi connectivity index (χ4n) is 1.87. The molecule has 1 aromatic heterocycles. The van der Waals surface area contributed by atoms with E-state index in [1.165, 1.54) is 0 Å². The Kier molecular flexibility index (Phi) is 6.44. The first kappa shape index (κ1) is 15.5. The van der Waals surface area contributed by atoms with Gasteiger partial charge in [0.25, 0.3) is 0 Å². The molecule has 0 spiro atoms.